The smallest absolute Gasteiger partial charge is 0.160 e. The van der Waals surface area contributed by atoms with E-state index < -0.39 is 0 Å². The van der Waals surface area contributed by atoms with Crippen LogP contribution in [0.4, 0.5) is 22.7 Å². The molecule has 0 atom stereocenters. The summed E-state index contributed by atoms with van der Waals surface area (Å²) in [5, 5.41) is 7.17. The summed E-state index contributed by atoms with van der Waals surface area (Å²) in [6, 6.07) is 57.5. The molecule has 6 nitrogen and oxygen atoms in total. The fraction of sp³-hybridized carbons (Fsp3) is 0. The van der Waals surface area contributed by atoms with E-state index in [0.29, 0.717) is 5.82 Å². The van der Waals surface area contributed by atoms with Crippen LogP contribution in [0.5, 0.6) is 23.0 Å². The van der Waals surface area contributed by atoms with Gasteiger partial charge in [-0.25, -0.2) is 9.97 Å². The zero-order chi connectivity index (χ0) is 34.4. The molecule has 0 saturated carbocycles. The molecule has 2 N–H and O–H groups in total. The molecule has 0 spiro atoms. The van der Waals surface area contributed by atoms with E-state index in [1.165, 1.54) is 0 Å². The molecule has 2 aliphatic rings. The average molecular weight is 671 g/mol. The van der Waals surface area contributed by atoms with E-state index >= 15 is 0 Å². The van der Waals surface area contributed by atoms with Gasteiger partial charge in [-0.15, -0.1) is 0 Å². The number of nitrogens with one attached hydrogen (secondary N) is 2. The van der Waals surface area contributed by atoms with E-state index in [0.717, 1.165) is 96.1 Å². The first kappa shape index (κ1) is 29.7. The molecule has 0 aliphatic carbocycles. The molecule has 0 radical (unpaired) electrons. The Balaban J connectivity index is 0.994. The minimum atomic E-state index is 0.676. The van der Waals surface area contributed by atoms with Gasteiger partial charge in [-0.2, -0.15) is 0 Å². The second kappa shape index (κ2) is 12.3. The number of benzene rings is 7. The summed E-state index contributed by atoms with van der Waals surface area (Å²) in [6.45, 7) is 0. The summed E-state index contributed by atoms with van der Waals surface area (Å²) < 4.78 is 12.4. The van der Waals surface area contributed by atoms with Crippen LogP contribution >= 0.6 is 0 Å². The Morgan fingerprint density at radius 2 is 0.769 bits per heavy atom. The molecule has 3 heterocycles. The second-order valence-corrected chi connectivity index (χ2v) is 12.8. The molecular weight excluding hydrogens is 641 g/mol. The van der Waals surface area contributed by atoms with Crippen molar-refractivity contribution in [3.8, 4) is 79.2 Å². The number of para-hydroxylation sites is 6. The average Bonchev–Trinajstić information content (AvgIpc) is 3.22. The quantitative estimate of drug-likeness (QED) is 0.190. The van der Waals surface area contributed by atoms with Crippen molar-refractivity contribution in [1.29, 1.82) is 0 Å². The maximum absolute atomic E-state index is 6.22. The third-order valence-electron chi connectivity index (χ3n) is 9.53. The van der Waals surface area contributed by atoms with E-state index in [-0.39, 0.29) is 0 Å². The lowest BCUT2D eigenvalue weighted by Gasteiger charge is -2.24. The first-order chi connectivity index (χ1) is 25.7. The SMILES string of the molecule is c1ccc(-c2nc(-c3ccc(-c4cccc5c4Nc4ccccc4O5)cc3)cc(-c3ccc(-c4cccc5c4Nc4ccccc4O5)cc3)n2)cc1. The van der Waals surface area contributed by atoms with Crippen molar-refractivity contribution in [3.63, 3.8) is 0 Å². The summed E-state index contributed by atoms with van der Waals surface area (Å²) in [5.74, 6) is 3.93. The Morgan fingerprint density at radius 1 is 0.346 bits per heavy atom. The molecule has 2 aliphatic heterocycles. The Bertz CT molecular complexity index is 2460. The van der Waals surface area contributed by atoms with Gasteiger partial charge in [0.15, 0.2) is 28.8 Å². The fourth-order valence-corrected chi connectivity index (χ4v) is 6.90. The van der Waals surface area contributed by atoms with Crippen LogP contribution in [-0.2, 0) is 0 Å². The number of ether oxygens (including phenoxy) is 2. The molecule has 7 aromatic carbocycles. The number of nitrogens with zero attached hydrogens (tertiary/aromatic N) is 2. The van der Waals surface area contributed by atoms with Gasteiger partial charge in [0.2, 0.25) is 0 Å². The van der Waals surface area contributed by atoms with Gasteiger partial charge >= 0.3 is 0 Å². The van der Waals surface area contributed by atoms with Crippen molar-refractivity contribution >= 4 is 22.7 Å². The summed E-state index contributed by atoms with van der Waals surface area (Å²) in [5.41, 5.74) is 12.8. The molecule has 0 saturated heterocycles. The van der Waals surface area contributed by atoms with Gasteiger partial charge in [0.25, 0.3) is 0 Å². The summed E-state index contributed by atoms with van der Waals surface area (Å²) in [4.78, 5) is 10.1. The van der Waals surface area contributed by atoms with Gasteiger partial charge in [-0.3, -0.25) is 0 Å². The van der Waals surface area contributed by atoms with Crippen molar-refractivity contribution in [2.75, 3.05) is 10.6 Å². The lowest BCUT2D eigenvalue weighted by atomic mass is 9.98. The van der Waals surface area contributed by atoms with Gasteiger partial charge in [-0.1, -0.05) is 127 Å². The van der Waals surface area contributed by atoms with Crippen LogP contribution in [0.3, 0.4) is 0 Å². The Hall–Kier alpha value is -7.18. The monoisotopic (exact) mass is 670 g/mol. The minimum Gasteiger partial charge on any atom is -0.453 e. The lowest BCUT2D eigenvalue weighted by molar-refractivity contribution is 0.481. The molecule has 0 amide bonds. The van der Waals surface area contributed by atoms with Gasteiger partial charge in [0.1, 0.15) is 0 Å². The number of hydrogen-bond acceptors (Lipinski definition) is 6. The van der Waals surface area contributed by atoms with Gasteiger partial charge < -0.3 is 20.1 Å². The highest BCUT2D eigenvalue weighted by atomic mass is 16.5. The Kier molecular flexibility index (Phi) is 7.03. The van der Waals surface area contributed by atoms with Crippen LogP contribution in [0, 0.1) is 0 Å². The molecule has 0 unspecified atom stereocenters. The van der Waals surface area contributed by atoms with Crippen LogP contribution in [0.2, 0.25) is 0 Å². The van der Waals surface area contributed by atoms with Crippen molar-refractivity contribution in [3.05, 3.63) is 170 Å². The zero-order valence-corrected chi connectivity index (χ0v) is 27.9. The minimum absolute atomic E-state index is 0.676. The van der Waals surface area contributed by atoms with Crippen molar-refractivity contribution in [2.24, 2.45) is 0 Å². The molecule has 1 aromatic heterocycles. The summed E-state index contributed by atoms with van der Waals surface area (Å²) in [6.07, 6.45) is 0. The van der Waals surface area contributed by atoms with Crippen LogP contribution in [0.15, 0.2) is 170 Å². The van der Waals surface area contributed by atoms with E-state index in [4.69, 9.17) is 19.4 Å². The first-order valence-corrected chi connectivity index (χ1v) is 17.2. The van der Waals surface area contributed by atoms with Crippen LogP contribution in [0.1, 0.15) is 0 Å². The van der Waals surface area contributed by atoms with Gasteiger partial charge in [-0.05, 0) is 53.6 Å². The molecule has 8 aromatic rings. The normalized spacial score (nSPS) is 12.1. The molecule has 10 rings (SSSR count). The fourth-order valence-electron chi connectivity index (χ4n) is 6.90. The standard InChI is InChI=1S/C46H30N4O2/c1-2-10-33(11-3-1)46-49-38(31-24-20-29(21-25-31)34-12-8-18-42-44(34)47-36-14-4-6-16-40(36)51-42)28-39(50-46)32-26-22-30(23-27-32)35-13-9-19-43-45(35)48-37-15-5-7-17-41(37)52-43/h1-28,47-48H. The number of rotatable bonds is 5. The molecule has 246 valence electrons. The maximum Gasteiger partial charge on any atom is 0.160 e. The molecule has 0 fully saturated rings. The molecule has 0 bridgehead atoms. The predicted molar refractivity (Wildman–Crippen MR) is 209 cm³/mol. The van der Waals surface area contributed by atoms with E-state index in [2.05, 4.69) is 77.4 Å². The molecule has 6 heteroatoms. The zero-order valence-electron chi connectivity index (χ0n) is 27.9. The van der Waals surface area contributed by atoms with Crippen LogP contribution in [0.25, 0.3) is 56.2 Å². The van der Waals surface area contributed by atoms with Crippen molar-refractivity contribution in [1.82, 2.24) is 9.97 Å². The van der Waals surface area contributed by atoms with E-state index in [1.54, 1.807) is 0 Å². The Morgan fingerprint density at radius 3 is 1.27 bits per heavy atom. The lowest BCUT2D eigenvalue weighted by Crippen LogP contribution is -2.04. The van der Waals surface area contributed by atoms with Crippen molar-refractivity contribution in [2.45, 2.75) is 0 Å². The third-order valence-corrected chi connectivity index (χ3v) is 9.53. The van der Waals surface area contributed by atoms with Crippen molar-refractivity contribution < 1.29 is 9.47 Å². The van der Waals surface area contributed by atoms with Gasteiger partial charge in [0, 0.05) is 27.8 Å². The third kappa shape index (κ3) is 5.30. The highest BCUT2D eigenvalue weighted by Crippen LogP contribution is 2.48. The highest BCUT2D eigenvalue weighted by molar-refractivity contribution is 5.90. The molecule has 52 heavy (non-hydrogen) atoms. The number of fused-ring (bicyclic) bond motifs is 4. The van der Waals surface area contributed by atoms with E-state index in [1.807, 2.05) is 103 Å². The molecular formula is C46H30N4O2. The first-order valence-electron chi connectivity index (χ1n) is 17.2. The van der Waals surface area contributed by atoms with E-state index in [9.17, 15) is 0 Å². The maximum atomic E-state index is 6.22. The summed E-state index contributed by atoms with van der Waals surface area (Å²) in [7, 11) is 0. The highest BCUT2D eigenvalue weighted by Gasteiger charge is 2.21. The number of hydrogen-bond donors (Lipinski definition) is 2. The number of aromatic nitrogens is 2. The predicted octanol–water partition coefficient (Wildman–Crippen LogP) is 12.5. The topological polar surface area (TPSA) is 68.3 Å². The number of anilines is 4. The summed E-state index contributed by atoms with van der Waals surface area (Å²) >= 11 is 0. The second-order valence-electron chi connectivity index (χ2n) is 12.8. The van der Waals surface area contributed by atoms with Gasteiger partial charge in [0.05, 0.1) is 34.1 Å². The van der Waals surface area contributed by atoms with Crippen LogP contribution in [-0.4, -0.2) is 9.97 Å². The van der Waals surface area contributed by atoms with Crippen LogP contribution < -0.4 is 20.1 Å². The Labute approximate surface area is 301 Å². The largest absolute Gasteiger partial charge is 0.453 e.